The molecule has 0 saturated heterocycles. The van der Waals surface area contributed by atoms with E-state index in [1.165, 1.54) is 23.9 Å². The van der Waals surface area contributed by atoms with Gasteiger partial charge in [-0.05, 0) is 19.1 Å². The molecule has 2 N–H and O–H groups in total. The predicted molar refractivity (Wildman–Crippen MR) is 70.4 cm³/mol. The van der Waals surface area contributed by atoms with Crippen LogP contribution in [0.5, 0.6) is 0 Å². The first kappa shape index (κ1) is 12.8. The van der Waals surface area contributed by atoms with Crippen molar-refractivity contribution in [1.29, 1.82) is 0 Å². The smallest absolute Gasteiger partial charge is 0.341 e. The van der Waals surface area contributed by atoms with Gasteiger partial charge in [0.2, 0.25) is 0 Å². The second-order valence-electron chi connectivity index (χ2n) is 3.60. The van der Waals surface area contributed by atoms with Crippen molar-refractivity contribution < 1.29 is 9.90 Å². The highest BCUT2D eigenvalue weighted by Crippen LogP contribution is 2.29. The van der Waals surface area contributed by atoms with Crippen molar-refractivity contribution in [2.45, 2.75) is 13.0 Å². The summed E-state index contributed by atoms with van der Waals surface area (Å²) in [6, 6.07) is 3.62. The average molecular weight is 284 g/mol. The van der Waals surface area contributed by atoms with E-state index >= 15 is 0 Å². The molecule has 0 spiro atoms. The standard InChI is InChI=1S/C11H10ClN3O2S/c1-6(8-2-3-9(12)18-8)15-10-7(11(16)17)4-13-5-14-10/h2-6H,1H3,(H,16,17)(H,13,14,15). The first-order valence-electron chi connectivity index (χ1n) is 5.13. The van der Waals surface area contributed by atoms with Crippen LogP contribution in [0.15, 0.2) is 24.7 Å². The molecule has 7 heteroatoms. The van der Waals surface area contributed by atoms with Gasteiger partial charge < -0.3 is 10.4 Å². The zero-order valence-corrected chi connectivity index (χ0v) is 11.0. The SMILES string of the molecule is CC(Nc1ncncc1C(=O)O)c1ccc(Cl)s1. The van der Waals surface area contributed by atoms with E-state index in [9.17, 15) is 4.79 Å². The molecule has 0 aliphatic rings. The summed E-state index contributed by atoms with van der Waals surface area (Å²) in [6.07, 6.45) is 2.58. The van der Waals surface area contributed by atoms with Crippen molar-refractivity contribution in [2.75, 3.05) is 5.32 Å². The number of thiophene rings is 1. The number of rotatable bonds is 4. The van der Waals surface area contributed by atoms with Gasteiger partial charge >= 0.3 is 5.97 Å². The lowest BCUT2D eigenvalue weighted by Crippen LogP contribution is -2.11. The van der Waals surface area contributed by atoms with Gasteiger partial charge in [0.25, 0.3) is 0 Å². The van der Waals surface area contributed by atoms with E-state index in [2.05, 4.69) is 15.3 Å². The number of hydrogen-bond donors (Lipinski definition) is 2. The minimum absolute atomic E-state index is 0.0482. The van der Waals surface area contributed by atoms with Crippen LogP contribution < -0.4 is 5.32 Å². The van der Waals surface area contributed by atoms with Gasteiger partial charge in [-0.3, -0.25) is 0 Å². The number of carboxylic acid groups (broad SMARTS) is 1. The number of nitrogens with zero attached hydrogens (tertiary/aromatic N) is 2. The van der Waals surface area contributed by atoms with E-state index in [1.54, 1.807) is 6.07 Å². The zero-order valence-electron chi connectivity index (χ0n) is 9.42. The molecule has 94 valence electrons. The lowest BCUT2D eigenvalue weighted by atomic mass is 10.2. The maximum atomic E-state index is 11.0. The third-order valence-corrected chi connectivity index (χ3v) is 3.73. The Balaban J connectivity index is 2.21. The van der Waals surface area contributed by atoms with Crippen molar-refractivity contribution in [2.24, 2.45) is 0 Å². The highest BCUT2D eigenvalue weighted by atomic mass is 35.5. The van der Waals surface area contributed by atoms with E-state index in [4.69, 9.17) is 16.7 Å². The summed E-state index contributed by atoms with van der Waals surface area (Å²) >= 11 is 7.30. The van der Waals surface area contributed by atoms with Gasteiger partial charge in [0, 0.05) is 11.1 Å². The van der Waals surface area contributed by atoms with Gasteiger partial charge in [-0.25, -0.2) is 14.8 Å². The number of carbonyl (C=O) groups is 1. The van der Waals surface area contributed by atoms with E-state index in [0.717, 1.165) is 4.88 Å². The molecular formula is C11H10ClN3O2S. The Labute approximate surface area is 112 Å². The van der Waals surface area contributed by atoms with Gasteiger partial charge in [-0.2, -0.15) is 0 Å². The maximum absolute atomic E-state index is 11.0. The first-order valence-corrected chi connectivity index (χ1v) is 6.32. The predicted octanol–water partition coefficient (Wildman–Crippen LogP) is 3.06. The van der Waals surface area contributed by atoms with Crippen molar-refractivity contribution in [3.63, 3.8) is 0 Å². The number of aromatic nitrogens is 2. The Morgan fingerprint density at radius 1 is 1.56 bits per heavy atom. The Morgan fingerprint density at radius 3 is 2.94 bits per heavy atom. The lowest BCUT2D eigenvalue weighted by molar-refractivity contribution is 0.0697. The van der Waals surface area contributed by atoms with Crippen molar-refractivity contribution in [3.05, 3.63) is 39.4 Å². The number of halogens is 1. The number of hydrogen-bond acceptors (Lipinski definition) is 5. The number of nitrogens with one attached hydrogen (secondary N) is 1. The highest BCUT2D eigenvalue weighted by Gasteiger charge is 2.15. The Kier molecular flexibility index (Phi) is 3.78. The highest BCUT2D eigenvalue weighted by molar-refractivity contribution is 7.16. The van der Waals surface area contributed by atoms with E-state index < -0.39 is 5.97 Å². The summed E-state index contributed by atoms with van der Waals surface area (Å²) in [5, 5.41) is 12.1. The molecule has 0 aromatic carbocycles. The van der Waals surface area contributed by atoms with Gasteiger partial charge in [-0.1, -0.05) is 11.6 Å². The van der Waals surface area contributed by atoms with Crippen LogP contribution in [0.2, 0.25) is 4.34 Å². The van der Waals surface area contributed by atoms with Crippen LogP contribution in [0.1, 0.15) is 28.2 Å². The fourth-order valence-corrected chi connectivity index (χ4v) is 2.50. The van der Waals surface area contributed by atoms with Crippen LogP contribution in [-0.4, -0.2) is 21.0 Å². The molecule has 0 fully saturated rings. The number of anilines is 1. The molecule has 1 atom stereocenters. The average Bonchev–Trinajstić information content (AvgIpc) is 2.76. The monoisotopic (exact) mass is 283 g/mol. The molecule has 2 heterocycles. The van der Waals surface area contributed by atoms with Gasteiger partial charge in [0.05, 0.1) is 10.4 Å². The molecule has 0 amide bonds. The van der Waals surface area contributed by atoms with Crippen molar-refractivity contribution in [3.8, 4) is 0 Å². The molecule has 2 aromatic rings. The second kappa shape index (κ2) is 5.32. The van der Waals surface area contributed by atoms with Gasteiger partial charge in [0.1, 0.15) is 17.7 Å². The van der Waals surface area contributed by atoms with Gasteiger partial charge in [-0.15, -0.1) is 11.3 Å². The number of aromatic carboxylic acids is 1. The topological polar surface area (TPSA) is 75.1 Å². The second-order valence-corrected chi connectivity index (χ2v) is 5.34. The Bertz CT molecular complexity index is 573. The molecule has 2 aromatic heterocycles. The zero-order chi connectivity index (χ0) is 13.1. The third kappa shape index (κ3) is 2.77. The van der Waals surface area contributed by atoms with Crippen LogP contribution in [-0.2, 0) is 0 Å². The fraction of sp³-hybridized carbons (Fsp3) is 0.182. The Morgan fingerprint density at radius 2 is 2.33 bits per heavy atom. The third-order valence-electron chi connectivity index (χ3n) is 2.32. The summed E-state index contributed by atoms with van der Waals surface area (Å²) in [5.41, 5.74) is 0.0482. The van der Waals surface area contributed by atoms with E-state index in [1.807, 2.05) is 13.0 Å². The van der Waals surface area contributed by atoms with Crippen LogP contribution in [0.4, 0.5) is 5.82 Å². The molecular weight excluding hydrogens is 274 g/mol. The summed E-state index contributed by atoms with van der Waals surface area (Å²) in [5.74, 6) is -0.760. The number of carboxylic acids is 1. The van der Waals surface area contributed by atoms with E-state index in [0.29, 0.717) is 10.2 Å². The van der Waals surface area contributed by atoms with Crippen LogP contribution in [0.25, 0.3) is 0 Å². The van der Waals surface area contributed by atoms with Crippen LogP contribution >= 0.6 is 22.9 Å². The van der Waals surface area contributed by atoms with Crippen LogP contribution in [0, 0.1) is 0 Å². The summed E-state index contributed by atoms with van der Waals surface area (Å²) in [6.45, 7) is 1.91. The molecule has 18 heavy (non-hydrogen) atoms. The molecule has 0 bridgehead atoms. The molecule has 0 aliphatic heterocycles. The normalized spacial score (nSPS) is 12.1. The van der Waals surface area contributed by atoms with Gasteiger partial charge in [0.15, 0.2) is 0 Å². The molecule has 0 saturated carbocycles. The van der Waals surface area contributed by atoms with Crippen LogP contribution in [0.3, 0.4) is 0 Å². The quantitative estimate of drug-likeness (QED) is 0.902. The minimum Gasteiger partial charge on any atom is -0.477 e. The summed E-state index contributed by atoms with van der Waals surface area (Å²) in [4.78, 5) is 19.7. The molecule has 2 rings (SSSR count). The molecule has 0 aliphatic carbocycles. The molecule has 5 nitrogen and oxygen atoms in total. The first-order chi connectivity index (χ1) is 8.58. The van der Waals surface area contributed by atoms with Crippen molar-refractivity contribution in [1.82, 2.24) is 9.97 Å². The van der Waals surface area contributed by atoms with Crippen molar-refractivity contribution >= 4 is 34.7 Å². The Hall–Kier alpha value is -1.66. The minimum atomic E-state index is -1.06. The maximum Gasteiger partial charge on any atom is 0.341 e. The summed E-state index contributed by atoms with van der Waals surface area (Å²) in [7, 11) is 0. The lowest BCUT2D eigenvalue weighted by Gasteiger charge is -2.13. The molecule has 1 unspecified atom stereocenters. The molecule has 0 radical (unpaired) electrons. The fourth-order valence-electron chi connectivity index (χ4n) is 1.44. The summed E-state index contributed by atoms with van der Waals surface area (Å²) < 4.78 is 0.694. The van der Waals surface area contributed by atoms with E-state index in [-0.39, 0.29) is 11.6 Å². The largest absolute Gasteiger partial charge is 0.477 e.